The van der Waals surface area contributed by atoms with Crippen LogP contribution < -0.4 is 19.6 Å². The van der Waals surface area contributed by atoms with E-state index in [0.717, 1.165) is 158 Å². The summed E-state index contributed by atoms with van der Waals surface area (Å²) in [4.78, 5) is 28.8. The molecule has 0 fully saturated rings. The zero-order valence-corrected chi connectivity index (χ0v) is 54.6. The van der Waals surface area contributed by atoms with E-state index in [4.69, 9.17) is 9.97 Å². The summed E-state index contributed by atoms with van der Waals surface area (Å²) in [5.74, 6) is 0. The largest absolute Gasteiger partial charge is 0.354 e. The first-order chi connectivity index (χ1) is 49.6. The Morgan fingerprint density at radius 1 is 0.160 bits per heavy atom. The van der Waals surface area contributed by atoms with Gasteiger partial charge in [-0.25, -0.2) is 9.97 Å². The summed E-state index contributed by atoms with van der Waals surface area (Å²) in [5, 5.41) is 0. The molecule has 17 rings (SSSR count). The van der Waals surface area contributed by atoms with Gasteiger partial charge in [-0.05, 0) is 216 Å². The van der Waals surface area contributed by atoms with Gasteiger partial charge in [0.15, 0.2) is 0 Å². The van der Waals surface area contributed by atoms with E-state index in [1.54, 1.807) is 0 Å². The van der Waals surface area contributed by atoms with Crippen LogP contribution in [0.15, 0.2) is 364 Å². The smallest absolute Gasteiger partial charge is 0.0737 e. The third-order valence-electron chi connectivity index (χ3n) is 18.5. The third-order valence-corrected chi connectivity index (χ3v) is 18.5. The average Bonchev–Trinajstić information content (AvgIpc) is 1.59. The topological polar surface area (TPSA) is 70.3 Å². The SMILES string of the molecule is C1=Cc2nc1c(-c1ccc(N(c3ccccc3)c3ccccc3)cc1)c1ccc([nH]1)c(-c1ccc(N(c3ccccc3)c3ccccc3)cc1)c1nc(c(-c3ccc(N(c4ccccc4)c4ccccc4)cc3)c3ccc([nH]3)c2-c2ccc(N(c3ccccc3)c3ccccc3)cc2)C=C1. The Morgan fingerprint density at radius 2 is 0.310 bits per heavy atom. The highest BCUT2D eigenvalue weighted by Gasteiger charge is 2.23. The van der Waals surface area contributed by atoms with E-state index in [0.29, 0.717) is 0 Å². The van der Waals surface area contributed by atoms with Crippen LogP contribution in [0.2, 0.25) is 0 Å². The number of hydrogen-bond acceptors (Lipinski definition) is 6. The van der Waals surface area contributed by atoms with Gasteiger partial charge in [-0.3, -0.25) is 0 Å². The number of hydrogen-bond donors (Lipinski definition) is 2. The minimum atomic E-state index is 0.820. The second-order valence-electron chi connectivity index (χ2n) is 24.7. The van der Waals surface area contributed by atoms with Gasteiger partial charge >= 0.3 is 0 Å². The van der Waals surface area contributed by atoms with Crippen LogP contribution in [0.1, 0.15) is 22.8 Å². The molecule has 5 heterocycles. The first kappa shape index (κ1) is 60.1. The van der Waals surface area contributed by atoms with Crippen molar-refractivity contribution in [3.8, 4) is 44.5 Å². The number of benzene rings is 12. The second kappa shape index (κ2) is 26.9. The molecule has 0 unspecified atom stereocenters. The summed E-state index contributed by atoms with van der Waals surface area (Å²) in [5.41, 5.74) is 27.4. The van der Waals surface area contributed by atoms with E-state index < -0.39 is 0 Å². The average molecular weight is 1280 g/mol. The van der Waals surface area contributed by atoms with Crippen molar-refractivity contribution >= 4 is 115 Å². The van der Waals surface area contributed by atoms with Crippen LogP contribution in [0.25, 0.3) is 90.9 Å². The minimum absolute atomic E-state index is 0.820. The Bertz CT molecular complexity index is 4740. The standard InChI is InChI=1S/C92H66N8/c1-9-25-69(26-10-1)97(70-27-11-2-12-28-70)77-49-41-65(42-50-77)89-81-57-59-83(93-81)90(66-43-51-78(52-44-66)98(71-29-13-3-14-30-71)72-31-15-4-16-32-72)85-61-63-87(95-85)92(68-47-55-80(56-48-68)100(75-37-21-7-22-38-75)76-39-23-8-24-40-76)88-64-62-86(96-88)91(84-60-58-82(89)94-84)67-45-53-79(54-46-67)99(73-33-17-5-18-34-73)74-35-19-6-20-36-74/h1-64,93,96H. The maximum Gasteiger partial charge on any atom is 0.0737 e. The molecule has 474 valence electrons. The number of anilines is 12. The molecule has 2 N–H and O–H groups in total. The van der Waals surface area contributed by atoms with Crippen LogP contribution in [0.4, 0.5) is 68.2 Å². The molecule has 8 heteroatoms. The Kier molecular flexibility index (Phi) is 16.2. The van der Waals surface area contributed by atoms with Crippen LogP contribution in [0, 0.1) is 0 Å². The van der Waals surface area contributed by atoms with Crippen molar-refractivity contribution in [1.82, 2.24) is 19.9 Å². The van der Waals surface area contributed by atoms with Crippen LogP contribution in [-0.2, 0) is 0 Å². The van der Waals surface area contributed by atoms with Crippen molar-refractivity contribution < 1.29 is 0 Å². The van der Waals surface area contributed by atoms with Gasteiger partial charge in [0.05, 0.1) is 22.8 Å². The molecule has 0 saturated heterocycles. The van der Waals surface area contributed by atoms with Crippen molar-refractivity contribution in [1.29, 1.82) is 0 Å². The molecule has 100 heavy (non-hydrogen) atoms. The lowest BCUT2D eigenvalue weighted by molar-refractivity contribution is 1.28. The van der Waals surface area contributed by atoms with E-state index in [-0.39, 0.29) is 0 Å². The maximum absolute atomic E-state index is 5.78. The monoisotopic (exact) mass is 1280 g/mol. The molecule has 0 amide bonds. The maximum atomic E-state index is 5.78. The molecule has 2 aliphatic heterocycles. The lowest BCUT2D eigenvalue weighted by Gasteiger charge is -2.25. The van der Waals surface area contributed by atoms with Gasteiger partial charge in [0, 0.05) is 113 Å². The number of para-hydroxylation sites is 8. The molecule has 0 spiro atoms. The van der Waals surface area contributed by atoms with Gasteiger partial charge in [-0.15, -0.1) is 0 Å². The summed E-state index contributed by atoms with van der Waals surface area (Å²) >= 11 is 0. The van der Waals surface area contributed by atoms with E-state index in [2.05, 4.69) is 418 Å². The summed E-state index contributed by atoms with van der Waals surface area (Å²) < 4.78 is 0. The summed E-state index contributed by atoms with van der Waals surface area (Å²) in [6.07, 6.45) is 8.70. The quantitative estimate of drug-likeness (QED) is 0.100. The highest BCUT2D eigenvalue weighted by molar-refractivity contribution is 6.01. The van der Waals surface area contributed by atoms with Crippen LogP contribution in [0.3, 0.4) is 0 Å². The predicted octanol–water partition coefficient (Wildman–Crippen LogP) is 25.2. The number of nitrogens with zero attached hydrogens (tertiary/aromatic N) is 6. The number of aromatic amines is 2. The molecule has 2 aliphatic rings. The number of fused-ring (bicyclic) bond motifs is 8. The van der Waals surface area contributed by atoms with E-state index in [1.165, 1.54) is 0 Å². The molecule has 0 aliphatic carbocycles. The fraction of sp³-hybridized carbons (Fsp3) is 0. The molecule has 0 atom stereocenters. The zero-order chi connectivity index (χ0) is 66.6. The highest BCUT2D eigenvalue weighted by atomic mass is 15.2. The molecular weight excluding hydrogens is 1220 g/mol. The van der Waals surface area contributed by atoms with Gasteiger partial charge in [-0.2, -0.15) is 0 Å². The van der Waals surface area contributed by atoms with Gasteiger partial charge in [0.2, 0.25) is 0 Å². The number of H-pyrrole nitrogens is 2. The van der Waals surface area contributed by atoms with Crippen molar-refractivity contribution in [2.75, 3.05) is 19.6 Å². The van der Waals surface area contributed by atoms with Gasteiger partial charge in [0.1, 0.15) is 0 Å². The summed E-state index contributed by atoms with van der Waals surface area (Å²) in [6, 6.07) is 129. The lowest BCUT2D eigenvalue weighted by atomic mass is 10.0. The molecule has 12 aromatic carbocycles. The first-order valence-corrected chi connectivity index (χ1v) is 33.8. The first-order valence-electron chi connectivity index (χ1n) is 33.8. The number of rotatable bonds is 16. The normalized spacial score (nSPS) is 11.5. The van der Waals surface area contributed by atoms with Gasteiger partial charge < -0.3 is 29.6 Å². The van der Waals surface area contributed by atoms with Crippen molar-refractivity contribution in [2.24, 2.45) is 0 Å². The van der Waals surface area contributed by atoms with Crippen LogP contribution in [-0.4, -0.2) is 19.9 Å². The fourth-order valence-electron chi connectivity index (χ4n) is 13.9. The van der Waals surface area contributed by atoms with E-state index >= 15 is 0 Å². The van der Waals surface area contributed by atoms with Crippen molar-refractivity contribution in [3.63, 3.8) is 0 Å². The molecule has 8 bridgehead atoms. The Hall–Kier alpha value is -13.6. The molecule has 8 nitrogen and oxygen atoms in total. The molecule has 3 aromatic heterocycles. The van der Waals surface area contributed by atoms with E-state index in [9.17, 15) is 0 Å². The minimum Gasteiger partial charge on any atom is -0.354 e. The predicted molar refractivity (Wildman–Crippen MR) is 419 cm³/mol. The Balaban J connectivity index is 0.903. The van der Waals surface area contributed by atoms with Crippen molar-refractivity contribution in [2.45, 2.75) is 0 Å². The van der Waals surface area contributed by atoms with Crippen LogP contribution >= 0.6 is 0 Å². The second-order valence-corrected chi connectivity index (χ2v) is 24.7. The molecular formula is C92H66N8. The Morgan fingerprint density at radius 3 is 0.470 bits per heavy atom. The lowest BCUT2D eigenvalue weighted by Crippen LogP contribution is -2.09. The summed E-state index contributed by atoms with van der Waals surface area (Å²) in [6.45, 7) is 0. The Labute approximate surface area is 582 Å². The van der Waals surface area contributed by atoms with Gasteiger partial charge in [-0.1, -0.05) is 194 Å². The molecule has 15 aromatic rings. The third kappa shape index (κ3) is 11.9. The summed E-state index contributed by atoms with van der Waals surface area (Å²) in [7, 11) is 0. The number of aromatic nitrogens is 4. The molecule has 0 saturated carbocycles. The number of nitrogens with one attached hydrogen (secondary N) is 2. The van der Waals surface area contributed by atoms with Gasteiger partial charge in [0.25, 0.3) is 0 Å². The van der Waals surface area contributed by atoms with Crippen LogP contribution in [0.5, 0.6) is 0 Å². The highest BCUT2D eigenvalue weighted by Crippen LogP contribution is 2.45. The zero-order valence-electron chi connectivity index (χ0n) is 54.6. The van der Waals surface area contributed by atoms with E-state index in [1.807, 2.05) is 0 Å². The molecule has 0 radical (unpaired) electrons. The fourth-order valence-corrected chi connectivity index (χ4v) is 13.9. The van der Waals surface area contributed by atoms with Crippen molar-refractivity contribution in [3.05, 3.63) is 387 Å².